The van der Waals surface area contributed by atoms with E-state index in [2.05, 4.69) is 20.8 Å². The van der Waals surface area contributed by atoms with Crippen LogP contribution in [0.1, 0.15) is 59.3 Å². The summed E-state index contributed by atoms with van der Waals surface area (Å²) < 4.78 is 11.5. The molecule has 0 aliphatic carbocycles. The van der Waals surface area contributed by atoms with Gasteiger partial charge in [0.2, 0.25) is 0 Å². The quantitative estimate of drug-likeness (QED) is 0.632. The Hall–Kier alpha value is -0.0800. The molecule has 1 saturated heterocycles. The minimum Gasteiger partial charge on any atom is -0.350 e. The molecule has 0 aromatic heterocycles. The van der Waals surface area contributed by atoms with Crippen molar-refractivity contribution in [3.05, 3.63) is 0 Å². The minimum absolute atomic E-state index is 0.300. The molecule has 1 aliphatic heterocycles. The average Bonchev–Trinajstić information content (AvgIpc) is 2.12. The van der Waals surface area contributed by atoms with Gasteiger partial charge in [-0.25, -0.2) is 0 Å². The third-order valence-electron chi connectivity index (χ3n) is 2.87. The second-order valence-electron chi connectivity index (χ2n) is 4.51. The molecule has 14 heavy (non-hydrogen) atoms. The summed E-state index contributed by atoms with van der Waals surface area (Å²) in [5.41, 5.74) is 0. The summed E-state index contributed by atoms with van der Waals surface area (Å²) in [6, 6.07) is 0. The maximum absolute atomic E-state index is 5.83. The van der Waals surface area contributed by atoms with Crippen LogP contribution in [0.25, 0.3) is 0 Å². The van der Waals surface area contributed by atoms with Gasteiger partial charge in [-0.2, -0.15) is 0 Å². The van der Waals surface area contributed by atoms with Crippen LogP contribution in [-0.2, 0) is 9.47 Å². The van der Waals surface area contributed by atoms with Gasteiger partial charge in [0.25, 0.3) is 0 Å². The Labute approximate surface area is 88.0 Å². The van der Waals surface area contributed by atoms with Crippen LogP contribution in [0, 0.1) is 0 Å². The number of rotatable bonds is 5. The molecule has 1 heterocycles. The topological polar surface area (TPSA) is 18.5 Å². The van der Waals surface area contributed by atoms with Gasteiger partial charge in [-0.05, 0) is 26.7 Å². The SMILES string of the molecule is CCCCCC[C@@]1(C)OCC[C@H](C)O1. The fourth-order valence-electron chi connectivity index (χ4n) is 1.96. The Bertz CT molecular complexity index is 158. The Morgan fingerprint density at radius 1 is 1.29 bits per heavy atom. The molecule has 0 N–H and O–H groups in total. The van der Waals surface area contributed by atoms with Crippen molar-refractivity contribution in [3.8, 4) is 0 Å². The molecule has 1 fully saturated rings. The van der Waals surface area contributed by atoms with Crippen LogP contribution in [0.5, 0.6) is 0 Å². The number of unbranched alkanes of at least 4 members (excludes halogenated alkanes) is 3. The van der Waals surface area contributed by atoms with Crippen molar-refractivity contribution >= 4 is 0 Å². The summed E-state index contributed by atoms with van der Waals surface area (Å²) in [5, 5.41) is 0. The first-order chi connectivity index (χ1) is 6.66. The summed E-state index contributed by atoms with van der Waals surface area (Å²) in [6.45, 7) is 7.30. The molecule has 0 unspecified atom stereocenters. The lowest BCUT2D eigenvalue weighted by Gasteiger charge is -2.37. The monoisotopic (exact) mass is 200 g/mol. The first-order valence-electron chi connectivity index (χ1n) is 5.98. The highest BCUT2D eigenvalue weighted by molar-refractivity contribution is 4.70. The second kappa shape index (κ2) is 5.72. The van der Waals surface area contributed by atoms with Gasteiger partial charge in [0.15, 0.2) is 5.79 Å². The van der Waals surface area contributed by atoms with Crippen molar-refractivity contribution in [2.75, 3.05) is 6.61 Å². The molecule has 2 nitrogen and oxygen atoms in total. The Morgan fingerprint density at radius 3 is 2.71 bits per heavy atom. The molecule has 0 radical (unpaired) electrons. The molecule has 0 saturated carbocycles. The zero-order valence-electron chi connectivity index (χ0n) is 9.84. The van der Waals surface area contributed by atoms with E-state index >= 15 is 0 Å². The van der Waals surface area contributed by atoms with E-state index in [0.717, 1.165) is 19.4 Å². The van der Waals surface area contributed by atoms with Crippen LogP contribution in [0.3, 0.4) is 0 Å². The van der Waals surface area contributed by atoms with Gasteiger partial charge in [-0.1, -0.05) is 26.2 Å². The van der Waals surface area contributed by atoms with Gasteiger partial charge < -0.3 is 9.47 Å². The van der Waals surface area contributed by atoms with E-state index in [1.807, 2.05) is 0 Å². The van der Waals surface area contributed by atoms with Crippen LogP contribution in [0.2, 0.25) is 0 Å². The Morgan fingerprint density at radius 2 is 2.07 bits per heavy atom. The third kappa shape index (κ3) is 3.97. The third-order valence-corrected chi connectivity index (χ3v) is 2.87. The average molecular weight is 200 g/mol. The predicted molar refractivity (Wildman–Crippen MR) is 58.3 cm³/mol. The van der Waals surface area contributed by atoms with Gasteiger partial charge >= 0.3 is 0 Å². The van der Waals surface area contributed by atoms with Crippen molar-refractivity contribution < 1.29 is 9.47 Å². The minimum atomic E-state index is -0.300. The van der Waals surface area contributed by atoms with Crippen LogP contribution in [-0.4, -0.2) is 18.5 Å². The van der Waals surface area contributed by atoms with E-state index in [0.29, 0.717) is 6.10 Å². The molecule has 1 aliphatic rings. The Kier molecular flexibility index (Phi) is 4.90. The fraction of sp³-hybridized carbons (Fsp3) is 1.00. The van der Waals surface area contributed by atoms with Crippen molar-refractivity contribution in [2.24, 2.45) is 0 Å². The molecule has 1 rings (SSSR count). The maximum atomic E-state index is 5.83. The van der Waals surface area contributed by atoms with Crippen LogP contribution in [0.15, 0.2) is 0 Å². The zero-order chi connectivity index (χ0) is 10.4. The Balaban J connectivity index is 2.19. The van der Waals surface area contributed by atoms with Crippen molar-refractivity contribution in [2.45, 2.75) is 71.2 Å². The van der Waals surface area contributed by atoms with Gasteiger partial charge in [0, 0.05) is 6.42 Å². The van der Waals surface area contributed by atoms with Crippen LogP contribution < -0.4 is 0 Å². The van der Waals surface area contributed by atoms with E-state index in [1.165, 1.54) is 25.7 Å². The van der Waals surface area contributed by atoms with Crippen LogP contribution >= 0.6 is 0 Å². The summed E-state index contributed by atoms with van der Waals surface area (Å²) >= 11 is 0. The molecule has 2 atom stereocenters. The zero-order valence-corrected chi connectivity index (χ0v) is 9.84. The first kappa shape index (κ1) is 12.0. The number of hydrogen-bond acceptors (Lipinski definition) is 2. The molecule has 2 heteroatoms. The van der Waals surface area contributed by atoms with Crippen molar-refractivity contribution in [1.29, 1.82) is 0 Å². The lowest BCUT2D eigenvalue weighted by molar-refractivity contribution is -0.283. The molecule has 84 valence electrons. The standard InChI is InChI=1S/C12H24O2/c1-4-5-6-7-9-12(3)13-10-8-11(2)14-12/h11H,4-10H2,1-3H3/t11-,12-/m0/s1. The normalized spacial score (nSPS) is 33.2. The first-order valence-corrected chi connectivity index (χ1v) is 5.98. The van der Waals surface area contributed by atoms with E-state index < -0.39 is 0 Å². The highest BCUT2D eigenvalue weighted by Crippen LogP contribution is 2.27. The second-order valence-corrected chi connectivity index (χ2v) is 4.51. The fourth-order valence-corrected chi connectivity index (χ4v) is 1.96. The molecular weight excluding hydrogens is 176 g/mol. The van der Waals surface area contributed by atoms with E-state index in [-0.39, 0.29) is 5.79 Å². The van der Waals surface area contributed by atoms with Crippen molar-refractivity contribution in [1.82, 2.24) is 0 Å². The number of ether oxygens (including phenoxy) is 2. The van der Waals surface area contributed by atoms with Gasteiger partial charge in [0.1, 0.15) is 0 Å². The predicted octanol–water partition coefficient (Wildman–Crippen LogP) is 3.50. The summed E-state index contributed by atoms with van der Waals surface area (Å²) in [4.78, 5) is 0. The highest BCUT2D eigenvalue weighted by atomic mass is 16.7. The summed E-state index contributed by atoms with van der Waals surface area (Å²) in [6.07, 6.45) is 7.56. The smallest absolute Gasteiger partial charge is 0.165 e. The van der Waals surface area contributed by atoms with E-state index in [9.17, 15) is 0 Å². The molecule has 0 aromatic carbocycles. The van der Waals surface area contributed by atoms with E-state index in [4.69, 9.17) is 9.47 Å². The van der Waals surface area contributed by atoms with Gasteiger partial charge in [0.05, 0.1) is 12.7 Å². The summed E-state index contributed by atoms with van der Waals surface area (Å²) in [5.74, 6) is -0.300. The summed E-state index contributed by atoms with van der Waals surface area (Å²) in [7, 11) is 0. The molecule has 0 aromatic rings. The van der Waals surface area contributed by atoms with Crippen LogP contribution in [0.4, 0.5) is 0 Å². The highest BCUT2D eigenvalue weighted by Gasteiger charge is 2.31. The van der Waals surface area contributed by atoms with Gasteiger partial charge in [-0.3, -0.25) is 0 Å². The lowest BCUT2D eigenvalue weighted by Crippen LogP contribution is -2.41. The molecule has 0 bridgehead atoms. The molecule has 0 spiro atoms. The molecular formula is C12H24O2. The molecule has 0 amide bonds. The largest absolute Gasteiger partial charge is 0.350 e. The van der Waals surface area contributed by atoms with Gasteiger partial charge in [-0.15, -0.1) is 0 Å². The lowest BCUT2D eigenvalue weighted by atomic mass is 10.1. The van der Waals surface area contributed by atoms with E-state index in [1.54, 1.807) is 0 Å². The number of hydrogen-bond donors (Lipinski definition) is 0. The maximum Gasteiger partial charge on any atom is 0.165 e. The van der Waals surface area contributed by atoms with Crippen molar-refractivity contribution in [3.63, 3.8) is 0 Å².